The number of aromatic nitrogens is 2. The van der Waals surface area contributed by atoms with Crippen molar-refractivity contribution in [2.45, 2.75) is 6.42 Å². The van der Waals surface area contributed by atoms with Gasteiger partial charge in [0.15, 0.2) is 0 Å². The molecule has 1 aromatic heterocycles. The Balaban J connectivity index is 2.01. The summed E-state index contributed by atoms with van der Waals surface area (Å²) in [6.45, 7) is 0.623. The van der Waals surface area contributed by atoms with Gasteiger partial charge < -0.3 is 9.88 Å². The second-order valence-corrected chi connectivity index (χ2v) is 3.95. The third-order valence-corrected chi connectivity index (χ3v) is 2.74. The quantitative estimate of drug-likeness (QED) is 0.896. The molecule has 0 amide bonds. The van der Waals surface area contributed by atoms with Crippen molar-refractivity contribution >= 4 is 5.69 Å². The van der Waals surface area contributed by atoms with Gasteiger partial charge >= 0.3 is 0 Å². The van der Waals surface area contributed by atoms with Gasteiger partial charge in [0.2, 0.25) is 0 Å². The van der Waals surface area contributed by atoms with Gasteiger partial charge in [-0.2, -0.15) is 5.26 Å². The Morgan fingerprint density at radius 1 is 1.50 bits per heavy atom. The third-order valence-electron chi connectivity index (χ3n) is 2.74. The smallest absolute Gasteiger partial charge is 0.143 e. The Hall–Kier alpha value is -2.35. The highest BCUT2D eigenvalue weighted by atomic mass is 19.1. The molecule has 0 saturated carbocycles. The zero-order valence-corrected chi connectivity index (χ0v) is 10.0. The van der Waals surface area contributed by atoms with Crippen molar-refractivity contribution in [2.75, 3.05) is 11.9 Å². The summed E-state index contributed by atoms with van der Waals surface area (Å²) in [5, 5.41) is 11.9. The van der Waals surface area contributed by atoms with Crippen LogP contribution in [-0.2, 0) is 13.5 Å². The van der Waals surface area contributed by atoms with Crippen LogP contribution in [0, 0.1) is 17.1 Å². The van der Waals surface area contributed by atoms with Gasteiger partial charge in [-0.3, -0.25) is 0 Å². The predicted octanol–water partition coefficient (Wildman–Crippen LogP) is 2.09. The molecule has 4 nitrogen and oxygen atoms in total. The van der Waals surface area contributed by atoms with Crippen LogP contribution in [0.1, 0.15) is 11.3 Å². The number of hydrogen-bond acceptors (Lipinski definition) is 3. The first-order valence-corrected chi connectivity index (χ1v) is 5.60. The molecule has 2 aromatic rings. The number of benzene rings is 1. The number of rotatable bonds is 4. The SMILES string of the molecule is Cn1cncc1CCNc1cccc(F)c1C#N. The van der Waals surface area contributed by atoms with E-state index < -0.39 is 5.82 Å². The van der Waals surface area contributed by atoms with Crippen LogP contribution >= 0.6 is 0 Å². The molecule has 0 spiro atoms. The molecule has 1 N–H and O–H groups in total. The Kier molecular flexibility index (Phi) is 3.58. The van der Waals surface area contributed by atoms with Crippen LogP contribution in [0.3, 0.4) is 0 Å². The van der Waals surface area contributed by atoms with Crippen LogP contribution in [0.15, 0.2) is 30.7 Å². The molecule has 1 heterocycles. The number of nitrogens with zero attached hydrogens (tertiary/aromatic N) is 3. The van der Waals surface area contributed by atoms with Gasteiger partial charge in [0, 0.05) is 31.9 Å². The number of imidazole rings is 1. The maximum Gasteiger partial charge on any atom is 0.143 e. The van der Waals surface area contributed by atoms with Crippen molar-refractivity contribution in [3.05, 3.63) is 47.8 Å². The Labute approximate surface area is 105 Å². The van der Waals surface area contributed by atoms with Crippen LogP contribution in [0.25, 0.3) is 0 Å². The fourth-order valence-corrected chi connectivity index (χ4v) is 1.74. The molecular formula is C13H13FN4. The van der Waals surface area contributed by atoms with Gasteiger partial charge in [-0.1, -0.05) is 6.07 Å². The minimum absolute atomic E-state index is 0.0579. The number of anilines is 1. The molecule has 0 bridgehead atoms. The van der Waals surface area contributed by atoms with E-state index in [1.54, 1.807) is 24.7 Å². The van der Waals surface area contributed by atoms with Crippen LogP contribution in [0.5, 0.6) is 0 Å². The molecule has 0 aliphatic rings. The average Bonchev–Trinajstić information content (AvgIpc) is 2.75. The number of nitriles is 1. The largest absolute Gasteiger partial charge is 0.383 e. The minimum atomic E-state index is -0.497. The fraction of sp³-hybridized carbons (Fsp3) is 0.231. The number of halogens is 1. The normalized spacial score (nSPS) is 10.1. The van der Waals surface area contributed by atoms with Crippen LogP contribution in [-0.4, -0.2) is 16.1 Å². The third kappa shape index (κ3) is 2.48. The van der Waals surface area contributed by atoms with Gasteiger partial charge in [-0.25, -0.2) is 9.37 Å². The highest BCUT2D eigenvalue weighted by molar-refractivity contribution is 5.57. The van der Waals surface area contributed by atoms with E-state index in [1.165, 1.54) is 6.07 Å². The van der Waals surface area contributed by atoms with Crippen LogP contribution < -0.4 is 5.32 Å². The summed E-state index contributed by atoms with van der Waals surface area (Å²) >= 11 is 0. The topological polar surface area (TPSA) is 53.6 Å². The summed E-state index contributed by atoms with van der Waals surface area (Å²) < 4.78 is 15.3. The van der Waals surface area contributed by atoms with Gasteiger partial charge in [-0.05, 0) is 12.1 Å². The Morgan fingerprint density at radius 3 is 3.00 bits per heavy atom. The summed E-state index contributed by atoms with van der Waals surface area (Å²) in [6, 6.07) is 6.43. The highest BCUT2D eigenvalue weighted by Crippen LogP contribution is 2.17. The first-order valence-electron chi connectivity index (χ1n) is 5.60. The van der Waals surface area contributed by atoms with E-state index in [1.807, 2.05) is 17.7 Å². The lowest BCUT2D eigenvalue weighted by atomic mass is 10.2. The summed E-state index contributed by atoms with van der Waals surface area (Å²) in [5.41, 5.74) is 1.67. The first kappa shape index (κ1) is 12.1. The molecule has 0 aliphatic carbocycles. The predicted molar refractivity (Wildman–Crippen MR) is 66.5 cm³/mol. The average molecular weight is 244 g/mol. The first-order chi connectivity index (χ1) is 8.72. The summed E-state index contributed by atoms with van der Waals surface area (Å²) in [7, 11) is 1.92. The van der Waals surface area contributed by atoms with Gasteiger partial charge in [0.1, 0.15) is 17.4 Å². The summed E-state index contributed by atoms with van der Waals surface area (Å²) in [6.07, 6.45) is 4.29. The molecule has 0 radical (unpaired) electrons. The van der Waals surface area contributed by atoms with E-state index in [2.05, 4.69) is 10.3 Å². The second kappa shape index (κ2) is 5.32. The molecule has 18 heavy (non-hydrogen) atoms. The van der Waals surface area contributed by atoms with E-state index >= 15 is 0 Å². The molecule has 0 atom stereocenters. The van der Waals surface area contributed by atoms with Crippen LogP contribution in [0.2, 0.25) is 0 Å². The maximum absolute atomic E-state index is 13.3. The molecule has 0 fully saturated rings. The number of hydrogen-bond donors (Lipinski definition) is 1. The van der Waals surface area contributed by atoms with E-state index in [-0.39, 0.29) is 5.56 Å². The molecular weight excluding hydrogens is 231 g/mol. The lowest BCUT2D eigenvalue weighted by Crippen LogP contribution is -2.09. The fourth-order valence-electron chi connectivity index (χ4n) is 1.74. The molecule has 92 valence electrons. The number of nitrogens with one attached hydrogen (secondary N) is 1. The van der Waals surface area contributed by atoms with Gasteiger partial charge in [0.25, 0.3) is 0 Å². The minimum Gasteiger partial charge on any atom is -0.383 e. The monoisotopic (exact) mass is 244 g/mol. The molecule has 5 heteroatoms. The van der Waals surface area contributed by atoms with Crippen molar-refractivity contribution < 1.29 is 4.39 Å². The molecule has 0 saturated heterocycles. The Bertz CT molecular complexity index is 583. The molecule has 0 unspecified atom stereocenters. The lowest BCUT2D eigenvalue weighted by molar-refractivity contribution is 0.624. The zero-order chi connectivity index (χ0) is 13.0. The van der Waals surface area contributed by atoms with E-state index in [4.69, 9.17) is 5.26 Å². The molecule has 1 aromatic carbocycles. The van der Waals surface area contributed by atoms with Crippen molar-refractivity contribution in [2.24, 2.45) is 7.05 Å². The van der Waals surface area contributed by atoms with Gasteiger partial charge in [-0.15, -0.1) is 0 Å². The zero-order valence-electron chi connectivity index (χ0n) is 10.0. The standard InChI is InChI=1S/C13H13FN4/c1-18-9-16-8-10(18)5-6-17-13-4-2-3-12(14)11(13)7-15/h2-4,8-9,17H,5-6H2,1H3. The Morgan fingerprint density at radius 2 is 2.33 bits per heavy atom. The van der Waals surface area contributed by atoms with E-state index in [0.717, 1.165) is 12.1 Å². The second-order valence-electron chi connectivity index (χ2n) is 3.95. The van der Waals surface area contributed by atoms with Gasteiger partial charge in [0.05, 0.1) is 12.0 Å². The van der Waals surface area contributed by atoms with Crippen molar-refractivity contribution in [3.63, 3.8) is 0 Å². The highest BCUT2D eigenvalue weighted by Gasteiger charge is 2.07. The summed E-state index contributed by atoms with van der Waals surface area (Å²) in [5.74, 6) is -0.497. The van der Waals surface area contributed by atoms with Crippen molar-refractivity contribution in [1.82, 2.24) is 9.55 Å². The van der Waals surface area contributed by atoms with Crippen molar-refractivity contribution in [3.8, 4) is 6.07 Å². The molecule has 0 aliphatic heterocycles. The number of aryl methyl sites for hydroxylation is 1. The maximum atomic E-state index is 13.3. The lowest BCUT2D eigenvalue weighted by Gasteiger charge is -2.08. The van der Waals surface area contributed by atoms with E-state index in [9.17, 15) is 4.39 Å². The molecule has 2 rings (SSSR count). The van der Waals surface area contributed by atoms with E-state index in [0.29, 0.717) is 12.2 Å². The summed E-state index contributed by atoms with van der Waals surface area (Å²) in [4.78, 5) is 4.02. The van der Waals surface area contributed by atoms with Crippen molar-refractivity contribution in [1.29, 1.82) is 5.26 Å². The van der Waals surface area contributed by atoms with Crippen LogP contribution in [0.4, 0.5) is 10.1 Å².